The highest BCUT2D eigenvalue weighted by Crippen LogP contribution is 2.17. The number of nitrogens with zero attached hydrogens (tertiary/aromatic N) is 4. The maximum absolute atomic E-state index is 8.99. The second-order valence-electron chi connectivity index (χ2n) is 4.79. The van der Waals surface area contributed by atoms with Crippen molar-refractivity contribution in [1.29, 1.82) is 5.26 Å². The zero-order chi connectivity index (χ0) is 14.9. The average Bonchev–Trinajstić information content (AvgIpc) is 3.15. The molecule has 0 aliphatic heterocycles. The fourth-order valence-electron chi connectivity index (χ4n) is 2.31. The summed E-state index contributed by atoms with van der Waals surface area (Å²) in [5.41, 5.74) is 3.81. The van der Waals surface area contributed by atoms with Crippen molar-refractivity contribution in [2.24, 2.45) is 0 Å². The summed E-state index contributed by atoms with van der Waals surface area (Å²) < 4.78 is 7.50. The van der Waals surface area contributed by atoms with E-state index in [1.165, 1.54) is 0 Å². The SMILES string of the molecule is N#Cc1ccc2ncc(/C=C/c3nc4ccccc4o3)n2c1. The lowest BCUT2D eigenvalue weighted by Gasteiger charge is -1.96. The van der Waals surface area contributed by atoms with E-state index in [-0.39, 0.29) is 0 Å². The Morgan fingerprint density at radius 2 is 2.05 bits per heavy atom. The first-order valence-electron chi connectivity index (χ1n) is 6.74. The Morgan fingerprint density at radius 1 is 1.14 bits per heavy atom. The van der Waals surface area contributed by atoms with E-state index in [1.807, 2.05) is 40.8 Å². The summed E-state index contributed by atoms with van der Waals surface area (Å²) in [5.74, 6) is 0.535. The second kappa shape index (κ2) is 4.86. The van der Waals surface area contributed by atoms with Crippen LogP contribution in [0.4, 0.5) is 0 Å². The smallest absolute Gasteiger partial charge is 0.220 e. The molecule has 0 atom stereocenters. The van der Waals surface area contributed by atoms with E-state index in [2.05, 4.69) is 16.0 Å². The summed E-state index contributed by atoms with van der Waals surface area (Å²) in [6.07, 6.45) is 7.16. The Labute approximate surface area is 125 Å². The molecule has 3 aromatic heterocycles. The number of oxazole rings is 1. The fraction of sp³-hybridized carbons (Fsp3) is 0. The monoisotopic (exact) mass is 286 g/mol. The van der Waals surface area contributed by atoms with Gasteiger partial charge < -0.3 is 4.42 Å². The highest BCUT2D eigenvalue weighted by molar-refractivity contribution is 5.75. The van der Waals surface area contributed by atoms with Crippen molar-refractivity contribution < 1.29 is 4.42 Å². The minimum Gasteiger partial charge on any atom is -0.437 e. The van der Waals surface area contributed by atoms with Gasteiger partial charge in [-0.3, -0.25) is 4.40 Å². The van der Waals surface area contributed by atoms with Crippen molar-refractivity contribution in [3.63, 3.8) is 0 Å². The van der Waals surface area contributed by atoms with Crippen LogP contribution in [0.1, 0.15) is 17.1 Å². The van der Waals surface area contributed by atoms with E-state index in [1.54, 1.807) is 24.5 Å². The minimum absolute atomic E-state index is 0.535. The highest BCUT2D eigenvalue weighted by Gasteiger charge is 2.04. The number of aromatic nitrogens is 3. The molecule has 0 spiro atoms. The number of nitriles is 1. The molecule has 3 heterocycles. The molecule has 0 radical (unpaired) electrons. The lowest BCUT2D eigenvalue weighted by atomic mass is 10.3. The Bertz CT molecular complexity index is 1020. The van der Waals surface area contributed by atoms with Crippen molar-refractivity contribution in [3.05, 3.63) is 65.9 Å². The largest absolute Gasteiger partial charge is 0.437 e. The molecule has 0 aliphatic carbocycles. The minimum atomic E-state index is 0.535. The number of benzene rings is 1. The van der Waals surface area contributed by atoms with E-state index in [0.717, 1.165) is 22.4 Å². The third-order valence-corrected chi connectivity index (χ3v) is 3.37. The molecule has 0 aliphatic rings. The normalized spacial score (nSPS) is 11.4. The maximum atomic E-state index is 8.99. The summed E-state index contributed by atoms with van der Waals surface area (Å²) in [4.78, 5) is 8.69. The molecule has 0 fully saturated rings. The van der Waals surface area contributed by atoms with E-state index in [0.29, 0.717) is 11.5 Å². The predicted octanol–water partition coefficient (Wildman–Crippen LogP) is 3.52. The summed E-state index contributed by atoms with van der Waals surface area (Å²) in [7, 11) is 0. The van der Waals surface area contributed by atoms with Crippen molar-refractivity contribution in [2.75, 3.05) is 0 Å². The number of imidazole rings is 1. The van der Waals surface area contributed by atoms with Gasteiger partial charge in [-0.25, -0.2) is 9.97 Å². The second-order valence-corrected chi connectivity index (χ2v) is 4.79. The molecule has 22 heavy (non-hydrogen) atoms. The van der Waals surface area contributed by atoms with Crippen LogP contribution in [0, 0.1) is 11.3 Å². The van der Waals surface area contributed by atoms with Crippen LogP contribution in [0.25, 0.3) is 28.9 Å². The molecular weight excluding hydrogens is 276 g/mol. The lowest BCUT2D eigenvalue weighted by molar-refractivity contribution is 0.589. The van der Waals surface area contributed by atoms with Crippen molar-refractivity contribution in [1.82, 2.24) is 14.4 Å². The van der Waals surface area contributed by atoms with Crippen LogP contribution < -0.4 is 0 Å². The van der Waals surface area contributed by atoms with Crippen molar-refractivity contribution in [3.8, 4) is 6.07 Å². The van der Waals surface area contributed by atoms with Gasteiger partial charge in [-0.2, -0.15) is 5.26 Å². The van der Waals surface area contributed by atoms with Gasteiger partial charge in [0.15, 0.2) is 5.58 Å². The van der Waals surface area contributed by atoms with Gasteiger partial charge in [-0.1, -0.05) is 12.1 Å². The topological polar surface area (TPSA) is 67.1 Å². The Kier molecular flexibility index (Phi) is 2.73. The molecule has 0 saturated heterocycles. The Balaban J connectivity index is 1.74. The van der Waals surface area contributed by atoms with Crippen LogP contribution in [0.5, 0.6) is 0 Å². The zero-order valence-electron chi connectivity index (χ0n) is 11.5. The quantitative estimate of drug-likeness (QED) is 0.565. The summed E-state index contributed by atoms with van der Waals surface area (Å²) in [6.45, 7) is 0. The Morgan fingerprint density at radius 3 is 2.91 bits per heavy atom. The van der Waals surface area contributed by atoms with Gasteiger partial charge in [-0.15, -0.1) is 0 Å². The van der Waals surface area contributed by atoms with Gasteiger partial charge in [0, 0.05) is 12.3 Å². The van der Waals surface area contributed by atoms with Crippen LogP contribution in [-0.2, 0) is 0 Å². The van der Waals surface area contributed by atoms with Crippen LogP contribution in [0.2, 0.25) is 0 Å². The third-order valence-electron chi connectivity index (χ3n) is 3.37. The molecule has 5 nitrogen and oxygen atoms in total. The van der Waals surface area contributed by atoms with Gasteiger partial charge in [0.25, 0.3) is 0 Å². The number of para-hydroxylation sites is 2. The fourth-order valence-corrected chi connectivity index (χ4v) is 2.31. The predicted molar refractivity (Wildman–Crippen MR) is 82.8 cm³/mol. The molecule has 0 amide bonds. The lowest BCUT2D eigenvalue weighted by Crippen LogP contribution is -1.88. The molecular formula is C17H10N4O. The molecule has 0 bridgehead atoms. The van der Waals surface area contributed by atoms with E-state index < -0.39 is 0 Å². The average molecular weight is 286 g/mol. The van der Waals surface area contributed by atoms with Gasteiger partial charge in [0.1, 0.15) is 17.2 Å². The van der Waals surface area contributed by atoms with E-state index in [4.69, 9.17) is 9.68 Å². The molecule has 104 valence electrons. The molecule has 0 unspecified atom stereocenters. The first kappa shape index (κ1) is 12.4. The Hall–Kier alpha value is -3.39. The number of hydrogen-bond donors (Lipinski definition) is 0. The van der Waals surface area contributed by atoms with E-state index >= 15 is 0 Å². The number of pyridine rings is 1. The molecule has 4 rings (SSSR count). The zero-order valence-corrected chi connectivity index (χ0v) is 11.5. The van der Waals surface area contributed by atoms with Gasteiger partial charge in [0.2, 0.25) is 5.89 Å². The van der Waals surface area contributed by atoms with Crippen molar-refractivity contribution >= 4 is 28.9 Å². The number of rotatable bonds is 2. The van der Waals surface area contributed by atoms with Gasteiger partial charge in [0.05, 0.1) is 17.5 Å². The summed E-state index contributed by atoms with van der Waals surface area (Å²) >= 11 is 0. The first-order chi connectivity index (χ1) is 10.8. The molecule has 5 heteroatoms. The number of fused-ring (bicyclic) bond motifs is 2. The van der Waals surface area contributed by atoms with Crippen molar-refractivity contribution in [2.45, 2.75) is 0 Å². The van der Waals surface area contributed by atoms with Crippen LogP contribution in [0.3, 0.4) is 0 Å². The van der Waals surface area contributed by atoms with Crippen LogP contribution >= 0.6 is 0 Å². The number of hydrogen-bond acceptors (Lipinski definition) is 4. The van der Waals surface area contributed by atoms with Gasteiger partial charge in [-0.05, 0) is 30.3 Å². The summed E-state index contributed by atoms with van der Waals surface area (Å²) in [5, 5.41) is 8.99. The summed E-state index contributed by atoms with van der Waals surface area (Å²) in [6, 6.07) is 13.3. The first-order valence-corrected chi connectivity index (χ1v) is 6.74. The molecule has 0 saturated carbocycles. The molecule has 0 N–H and O–H groups in total. The maximum Gasteiger partial charge on any atom is 0.220 e. The third kappa shape index (κ3) is 2.03. The van der Waals surface area contributed by atoms with E-state index in [9.17, 15) is 0 Å². The molecule has 1 aromatic carbocycles. The highest BCUT2D eigenvalue weighted by atomic mass is 16.3. The van der Waals surface area contributed by atoms with Gasteiger partial charge >= 0.3 is 0 Å². The standard InChI is InChI=1S/C17H10N4O/c18-9-12-5-7-16-19-10-13(21(16)11-12)6-8-17-20-14-3-1-2-4-15(14)22-17/h1-8,10-11H/b8-6+. The van der Waals surface area contributed by atoms with Crippen LogP contribution in [-0.4, -0.2) is 14.4 Å². The van der Waals surface area contributed by atoms with Crippen LogP contribution in [0.15, 0.2) is 53.2 Å². The molecule has 4 aromatic rings.